The molecule has 0 spiro atoms. The quantitative estimate of drug-likeness (QED) is 0.681. The van der Waals surface area contributed by atoms with Gasteiger partial charge >= 0.3 is 0 Å². The number of nitrogens with zero attached hydrogens (tertiary/aromatic N) is 3. The molecule has 0 bridgehead atoms. The fraction of sp³-hybridized carbons (Fsp3) is 0.167. The van der Waals surface area contributed by atoms with Crippen molar-refractivity contribution in [3.8, 4) is 16.9 Å². The highest BCUT2D eigenvalue weighted by Gasteiger charge is 2.18. The molecule has 1 aromatic carbocycles. The van der Waals surface area contributed by atoms with Crippen molar-refractivity contribution in [2.24, 2.45) is 0 Å². The normalized spacial score (nSPS) is 10.5. The van der Waals surface area contributed by atoms with Crippen LogP contribution < -0.4 is 5.32 Å². The van der Waals surface area contributed by atoms with Crippen molar-refractivity contribution in [2.45, 2.75) is 6.42 Å². The number of pyridine rings is 1. The Kier molecular flexibility index (Phi) is 4.98. The number of rotatable bonds is 6. The zero-order chi connectivity index (χ0) is 16.8. The predicted octanol–water partition coefficient (Wildman–Crippen LogP) is 2.05. The SMILES string of the molecule is O=C(NCCCO)c1cn(-c2ccccc2)nc1-c1cccnc1. The molecule has 0 unspecified atom stereocenters. The molecule has 0 atom stereocenters. The van der Waals surface area contributed by atoms with Gasteiger partial charge in [-0.3, -0.25) is 9.78 Å². The van der Waals surface area contributed by atoms with Crippen LogP contribution in [0.2, 0.25) is 0 Å². The van der Waals surface area contributed by atoms with E-state index in [4.69, 9.17) is 5.11 Å². The number of amides is 1. The van der Waals surface area contributed by atoms with Gasteiger partial charge in [0.15, 0.2) is 0 Å². The van der Waals surface area contributed by atoms with Gasteiger partial charge in [0.05, 0.1) is 11.3 Å². The Bertz CT molecular complexity index is 800. The average molecular weight is 322 g/mol. The first-order valence-electron chi connectivity index (χ1n) is 7.74. The maximum Gasteiger partial charge on any atom is 0.255 e. The molecule has 0 aliphatic heterocycles. The van der Waals surface area contributed by atoms with E-state index in [0.717, 1.165) is 11.3 Å². The maximum atomic E-state index is 12.5. The van der Waals surface area contributed by atoms with Crippen molar-refractivity contribution >= 4 is 5.91 Å². The Morgan fingerprint density at radius 2 is 2.00 bits per heavy atom. The Morgan fingerprint density at radius 3 is 2.71 bits per heavy atom. The van der Waals surface area contributed by atoms with E-state index in [1.165, 1.54) is 0 Å². The first-order valence-corrected chi connectivity index (χ1v) is 7.74. The molecule has 0 saturated carbocycles. The number of aliphatic hydroxyl groups excluding tert-OH is 1. The smallest absolute Gasteiger partial charge is 0.255 e. The molecule has 0 fully saturated rings. The molecule has 2 aromatic heterocycles. The van der Waals surface area contributed by atoms with Gasteiger partial charge < -0.3 is 10.4 Å². The van der Waals surface area contributed by atoms with Crippen LogP contribution >= 0.6 is 0 Å². The minimum atomic E-state index is -0.218. The Balaban J connectivity index is 1.99. The van der Waals surface area contributed by atoms with Crippen LogP contribution in [0.15, 0.2) is 61.1 Å². The first-order chi connectivity index (χ1) is 11.8. The molecule has 6 nitrogen and oxygen atoms in total. The van der Waals surface area contributed by atoms with Crippen LogP contribution in [0.4, 0.5) is 0 Å². The molecule has 122 valence electrons. The van der Waals surface area contributed by atoms with Crippen molar-refractivity contribution in [3.63, 3.8) is 0 Å². The highest BCUT2D eigenvalue weighted by Crippen LogP contribution is 2.23. The van der Waals surface area contributed by atoms with Gasteiger partial charge in [-0.05, 0) is 30.7 Å². The van der Waals surface area contributed by atoms with E-state index >= 15 is 0 Å². The van der Waals surface area contributed by atoms with Crippen molar-refractivity contribution < 1.29 is 9.90 Å². The molecule has 1 amide bonds. The molecule has 0 aliphatic rings. The minimum Gasteiger partial charge on any atom is -0.396 e. The van der Waals surface area contributed by atoms with Gasteiger partial charge in [0.2, 0.25) is 0 Å². The largest absolute Gasteiger partial charge is 0.396 e. The molecule has 0 aliphatic carbocycles. The summed E-state index contributed by atoms with van der Waals surface area (Å²) in [5, 5.41) is 16.2. The number of aromatic nitrogens is 3. The van der Waals surface area contributed by atoms with E-state index in [9.17, 15) is 4.79 Å². The maximum absolute atomic E-state index is 12.5. The predicted molar refractivity (Wildman–Crippen MR) is 90.8 cm³/mol. The lowest BCUT2D eigenvalue weighted by Crippen LogP contribution is -2.25. The summed E-state index contributed by atoms with van der Waals surface area (Å²) in [6.45, 7) is 0.456. The number of hydrogen-bond acceptors (Lipinski definition) is 4. The summed E-state index contributed by atoms with van der Waals surface area (Å²) in [6, 6.07) is 13.3. The van der Waals surface area contributed by atoms with Crippen LogP contribution in [-0.2, 0) is 0 Å². The average Bonchev–Trinajstić information content (AvgIpc) is 3.09. The summed E-state index contributed by atoms with van der Waals surface area (Å²) in [7, 11) is 0. The van der Waals surface area contributed by atoms with Gasteiger partial charge in [-0.1, -0.05) is 18.2 Å². The minimum absolute atomic E-state index is 0.0407. The third kappa shape index (κ3) is 3.49. The zero-order valence-corrected chi connectivity index (χ0v) is 13.1. The number of aliphatic hydroxyl groups is 1. The first kappa shape index (κ1) is 15.9. The third-order valence-electron chi connectivity index (χ3n) is 3.54. The molecule has 0 saturated heterocycles. The summed E-state index contributed by atoms with van der Waals surface area (Å²) >= 11 is 0. The molecule has 24 heavy (non-hydrogen) atoms. The van der Waals surface area contributed by atoms with Gasteiger partial charge in [-0.15, -0.1) is 0 Å². The molecular formula is C18H18N4O2. The highest BCUT2D eigenvalue weighted by atomic mass is 16.3. The summed E-state index contributed by atoms with van der Waals surface area (Å²) in [5.41, 5.74) is 2.70. The Hall–Kier alpha value is -2.99. The van der Waals surface area contributed by atoms with E-state index in [1.54, 1.807) is 23.3 Å². The lowest BCUT2D eigenvalue weighted by atomic mass is 10.1. The number of benzene rings is 1. The van der Waals surface area contributed by atoms with Crippen LogP contribution in [0.5, 0.6) is 0 Å². The fourth-order valence-corrected chi connectivity index (χ4v) is 2.35. The number of carbonyl (C=O) groups excluding carboxylic acids is 1. The van der Waals surface area contributed by atoms with Gasteiger partial charge in [-0.2, -0.15) is 5.10 Å². The Morgan fingerprint density at radius 1 is 1.17 bits per heavy atom. The van der Waals surface area contributed by atoms with Gasteiger partial charge in [-0.25, -0.2) is 4.68 Å². The second kappa shape index (κ2) is 7.52. The van der Waals surface area contributed by atoms with Crippen molar-refractivity contribution in [1.82, 2.24) is 20.1 Å². The number of nitrogens with one attached hydrogen (secondary N) is 1. The van der Waals surface area contributed by atoms with Crippen LogP contribution in [0.3, 0.4) is 0 Å². The molecule has 2 N–H and O–H groups in total. The summed E-state index contributed by atoms with van der Waals surface area (Å²) in [5.74, 6) is -0.218. The molecular weight excluding hydrogens is 304 g/mol. The van der Waals surface area contributed by atoms with Crippen molar-refractivity contribution in [3.05, 3.63) is 66.6 Å². The van der Waals surface area contributed by atoms with E-state index < -0.39 is 0 Å². The van der Waals surface area contributed by atoms with E-state index in [2.05, 4.69) is 15.4 Å². The topological polar surface area (TPSA) is 80.0 Å². The number of hydrogen-bond donors (Lipinski definition) is 2. The van der Waals surface area contributed by atoms with Crippen LogP contribution in [0.25, 0.3) is 16.9 Å². The lowest BCUT2D eigenvalue weighted by molar-refractivity contribution is 0.0952. The van der Waals surface area contributed by atoms with Crippen LogP contribution in [0, 0.1) is 0 Å². The third-order valence-corrected chi connectivity index (χ3v) is 3.54. The van der Waals surface area contributed by atoms with Crippen molar-refractivity contribution in [1.29, 1.82) is 0 Å². The monoisotopic (exact) mass is 322 g/mol. The highest BCUT2D eigenvalue weighted by molar-refractivity contribution is 5.99. The van der Waals surface area contributed by atoms with E-state index in [1.807, 2.05) is 42.5 Å². The van der Waals surface area contributed by atoms with E-state index in [0.29, 0.717) is 24.2 Å². The molecule has 0 radical (unpaired) electrons. The molecule has 3 aromatic rings. The second-order valence-electron chi connectivity index (χ2n) is 5.25. The van der Waals surface area contributed by atoms with E-state index in [-0.39, 0.29) is 12.5 Å². The Labute approximate surface area is 139 Å². The lowest BCUT2D eigenvalue weighted by Gasteiger charge is -2.04. The molecule has 2 heterocycles. The molecule has 6 heteroatoms. The number of para-hydroxylation sites is 1. The van der Waals surface area contributed by atoms with Gasteiger partial charge in [0.1, 0.15) is 5.69 Å². The van der Waals surface area contributed by atoms with Crippen LogP contribution in [0.1, 0.15) is 16.8 Å². The van der Waals surface area contributed by atoms with Crippen molar-refractivity contribution in [2.75, 3.05) is 13.2 Å². The summed E-state index contributed by atoms with van der Waals surface area (Å²) < 4.78 is 1.68. The molecule has 3 rings (SSSR count). The second-order valence-corrected chi connectivity index (χ2v) is 5.25. The summed E-state index contributed by atoms with van der Waals surface area (Å²) in [4.78, 5) is 16.6. The summed E-state index contributed by atoms with van der Waals surface area (Å²) in [6.07, 6.45) is 5.59. The van der Waals surface area contributed by atoms with Crippen LogP contribution in [-0.4, -0.2) is 38.9 Å². The standard InChI is InChI=1S/C18H18N4O2/c23-11-5-10-20-18(24)16-13-22(15-7-2-1-3-8-15)21-17(16)14-6-4-9-19-12-14/h1-4,6-9,12-13,23H,5,10-11H2,(H,20,24). The van der Waals surface area contributed by atoms with Gasteiger partial charge in [0.25, 0.3) is 5.91 Å². The van der Waals surface area contributed by atoms with Gasteiger partial charge in [0, 0.05) is 37.3 Å². The number of carbonyl (C=O) groups is 1. The fourth-order valence-electron chi connectivity index (χ4n) is 2.35. The zero-order valence-electron chi connectivity index (χ0n) is 13.1.